The number of benzene rings is 9. The van der Waals surface area contributed by atoms with E-state index in [1.54, 1.807) is 0 Å². The molecule has 0 saturated carbocycles. The molecule has 3 nitrogen and oxygen atoms in total. The van der Waals surface area contributed by atoms with Gasteiger partial charge in [-0.25, -0.2) is 9.97 Å². The fraction of sp³-hybridized carbons (Fsp3) is 0. The van der Waals surface area contributed by atoms with Gasteiger partial charge in [-0.15, -0.1) is 0 Å². The molecular weight excluding hydrogens is 621 g/mol. The van der Waals surface area contributed by atoms with E-state index in [0.717, 1.165) is 61.1 Å². The van der Waals surface area contributed by atoms with Gasteiger partial charge >= 0.3 is 0 Å². The fourth-order valence-electron chi connectivity index (χ4n) is 8.03. The Morgan fingerprint density at radius 2 is 0.961 bits per heavy atom. The van der Waals surface area contributed by atoms with Gasteiger partial charge in [-0.05, 0) is 96.7 Å². The van der Waals surface area contributed by atoms with Crippen molar-refractivity contribution in [2.75, 3.05) is 0 Å². The van der Waals surface area contributed by atoms with Crippen molar-refractivity contribution in [3.8, 4) is 33.6 Å². The summed E-state index contributed by atoms with van der Waals surface area (Å²) in [6, 6.07) is 60.3. The lowest BCUT2D eigenvalue weighted by Gasteiger charge is -2.16. The van der Waals surface area contributed by atoms with Crippen LogP contribution < -0.4 is 0 Å². The van der Waals surface area contributed by atoms with Crippen LogP contribution in [0.4, 0.5) is 0 Å². The van der Waals surface area contributed by atoms with Gasteiger partial charge in [0.2, 0.25) is 0 Å². The zero-order chi connectivity index (χ0) is 33.5. The third-order valence-corrected chi connectivity index (χ3v) is 10.4. The SMILES string of the molecule is c1ccc(-c2nc3cc(-c4cc5ccc6ccccc6c5c5ccc6ccccc6c45)ccc3nc2-c2ccc3oc4ccccc4c3c2)cc1. The summed E-state index contributed by atoms with van der Waals surface area (Å²) in [7, 11) is 0. The van der Waals surface area contributed by atoms with E-state index in [9.17, 15) is 0 Å². The van der Waals surface area contributed by atoms with Gasteiger partial charge in [-0.3, -0.25) is 0 Å². The number of nitrogens with zero attached hydrogens (tertiary/aromatic N) is 2. The van der Waals surface area contributed by atoms with E-state index in [-0.39, 0.29) is 0 Å². The van der Waals surface area contributed by atoms with Gasteiger partial charge in [0.1, 0.15) is 11.2 Å². The molecule has 2 heterocycles. The van der Waals surface area contributed by atoms with E-state index >= 15 is 0 Å². The van der Waals surface area contributed by atoms with Crippen molar-refractivity contribution < 1.29 is 4.42 Å². The summed E-state index contributed by atoms with van der Waals surface area (Å²) < 4.78 is 6.15. The van der Waals surface area contributed by atoms with E-state index in [1.165, 1.54) is 48.7 Å². The molecule has 0 atom stereocenters. The Morgan fingerprint density at radius 3 is 1.80 bits per heavy atom. The molecule has 0 radical (unpaired) electrons. The smallest absolute Gasteiger partial charge is 0.135 e. The van der Waals surface area contributed by atoms with Gasteiger partial charge in [0.05, 0.1) is 22.4 Å². The molecule has 0 bridgehead atoms. The molecule has 236 valence electrons. The number of hydrogen-bond donors (Lipinski definition) is 0. The van der Waals surface area contributed by atoms with Gasteiger partial charge in [-0.2, -0.15) is 0 Å². The molecule has 9 aromatic carbocycles. The summed E-state index contributed by atoms with van der Waals surface area (Å²) in [6.07, 6.45) is 0. The van der Waals surface area contributed by atoms with Crippen LogP contribution in [0.1, 0.15) is 0 Å². The third kappa shape index (κ3) is 4.32. The van der Waals surface area contributed by atoms with Crippen molar-refractivity contribution >= 4 is 76.1 Å². The summed E-state index contributed by atoms with van der Waals surface area (Å²) >= 11 is 0. The predicted molar refractivity (Wildman–Crippen MR) is 213 cm³/mol. The van der Waals surface area contributed by atoms with Gasteiger partial charge < -0.3 is 4.42 Å². The second kappa shape index (κ2) is 10.8. The highest BCUT2D eigenvalue weighted by atomic mass is 16.3. The average molecular weight is 649 g/mol. The molecule has 0 spiro atoms. The molecule has 11 aromatic rings. The monoisotopic (exact) mass is 648 g/mol. The maximum Gasteiger partial charge on any atom is 0.135 e. The van der Waals surface area contributed by atoms with Crippen molar-refractivity contribution in [3.05, 3.63) is 170 Å². The van der Waals surface area contributed by atoms with Gasteiger partial charge in [0.15, 0.2) is 0 Å². The van der Waals surface area contributed by atoms with Crippen molar-refractivity contribution in [2.24, 2.45) is 0 Å². The molecule has 0 unspecified atom stereocenters. The zero-order valence-electron chi connectivity index (χ0n) is 27.5. The molecule has 0 amide bonds. The van der Waals surface area contributed by atoms with Crippen LogP contribution in [0.5, 0.6) is 0 Å². The minimum atomic E-state index is 0.850. The van der Waals surface area contributed by atoms with E-state index < -0.39 is 0 Å². The van der Waals surface area contributed by atoms with Crippen LogP contribution >= 0.6 is 0 Å². The maximum atomic E-state index is 6.15. The van der Waals surface area contributed by atoms with Crippen LogP contribution in [0.15, 0.2) is 174 Å². The van der Waals surface area contributed by atoms with Gasteiger partial charge in [0, 0.05) is 21.9 Å². The first-order valence-electron chi connectivity index (χ1n) is 17.3. The first kappa shape index (κ1) is 28.0. The lowest BCUT2D eigenvalue weighted by atomic mass is 9.88. The highest BCUT2D eigenvalue weighted by molar-refractivity contribution is 6.28. The van der Waals surface area contributed by atoms with Crippen LogP contribution in [-0.4, -0.2) is 9.97 Å². The Labute approximate surface area is 293 Å². The van der Waals surface area contributed by atoms with Crippen molar-refractivity contribution in [3.63, 3.8) is 0 Å². The maximum absolute atomic E-state index is 6.15. The van der Waals surface area contributed by atoms with Crippen molar-refractivity contribution in [1.29, 1.82) is 0 Å². The van der Waals surface area contributed by atoms with Crippen LogP contribution in [-0.2, 0) is 0 Å². The molecule has 0 aliphatic carbocycles. The van der Waals surface area contributed by atoms with Crippen LogP contribution in [0.25, 0.3) is 110 Å². The molecule has 0 aliphatic heterocycles. The third-order valence-electron chi connectivity index (χ3n) is 10.4. The van der Waals surface area contributed by atoms with Crippen LogP contribution in [0.3, 0.4) is 0 Å². The molecule has 0 aliphatic rings. The minimum Gasteiger partial charge on any atom is -0.456 e. The Morgan fingerprint density at radius 1 is 0.333 bits per heavy atom. The van der Waals surface area contributed by atoms with Crippen molar-refractivity contribution in [1.82, 2.24) is 9.97 Å². The van der Waals surface area contributed by atoms with Gasteiger partial charge in [0.25, 0.3) is 0 Å². The molecular formula is C48H28N2O. The zero-order valence-corrected chi connectivity index (χ0v) is 27.5. The van der Waals surface area contributed by atoms with E-state index in [2.05, 4.69) is 146 Å². The standard InChI is InChI=1S/C48H28N2O/c1-2-12-31(13-3-1)47-48(34-22-25-44-40(27-34)37-16-8-9-17-43(37)51-44)49-41-24-21-32(28-42(41)50-47)39-26-33-19-18-29-10-4-6-14-35(29)45(33)38-23-20-30-11-5-7-15-36(30)46(38)39/h1-28H. The van der Waals surface area contributed by atoms with Crippen LogP contribution in [0.2, 0.25) is 0 Å². The topological polar surface area (TPSA) is 38.9 Å². The first-order valence-corrected chi connectivity index (χ1v) is 17.3. The molecule has 51 heavy (non-hydrogen) atoms. The van der Waals surface area contributed by atoms with Crippen LogP contribution in [0, 0.1) is 0 Å². The minimum absolute atomic E-state index is 0.850. The molecule has 0 saturated heterocycles. The number of fused-ring (bicyclic) bond motifs is 11. The predicted octanol–water partition coefficient (Wildman–Crippen LogP) is 13.1. The summed E-state index contributed by atoms with van der Waals surface area (Å²) in [6.45, 7) is 0. The Hall–Kier alpha value is -6.84. The second-order valence-electron chi connectivity index (χ2n) is 13.3. The Bertz CT molecular complexity index is 3190. The Balaban J connectivity index is 1.17. The normalized spacial score (nSPS) is 11.9. The second-order valence-corrected chi connectivity index (χ2v) is 13.3. The molecule has 3 heteroatoms. The first-order chi connectivity index (χ1) is 25.3. The molecule has 0 N–H and O–H groups in total. The summed E-state index contributed by atoms with van der Waals surface area (Å²) in [5, 5.41) is 12.2. The highest BCUT2D eigenvalue weighted by Gasteiger charge is 2.18. The number of aromatic nitrogens is 2. The molecule has 2 aromatic heterocycles. The number of rotatable bonds is 3. The highest BCUT2D eigenvalue weighted by Crippen LogP contribution is 2.43. The summed E-state index contributed by atoms with van der Waals surface area (Å²) in [5.41, 5.74) is 9.50. The number of hydrogen-bond acceptors (Lipinski definition) is 3. The Kier molecular flexibility index (Phi) is 5.96. The lowest BCUT2D eigenvalue weighted by molar-refractivity contribution is 0.669. The molecule has 0 fully saturated rings. The van der Waals surface area contributed by atoms with E-state index in [4.69, 9.17) is 14.4 Å². The average Bonchev–Trinajstić information content (AvgIpc) is 3.58. The van der Waals surface area contributed by atoms with E-state index in [1.807, 2.05) is 24.3 Å². The number of para-hydroxylation sites is 1. The van der Waals surface area contributed by atoms with E-state index in [0.29, 0.717) is 0 Å². The van der Waals surface area contributed by atoms with Crippen molar-refractivity contribution in [2.45, 2.75) is 0 Å². The fourth-order valence-corrected chi connectivity index (χ4v) is 8.03. The molecule has 11 rings (SSSR count). The quantitative estimate of drug-likeness (QED) is 0.179. The number of furan rings is 1. The summed E-state index contributed by atoms with van der Waals surface area (Å²) in [5.74, 6) is 0. The summed E-state index contributed by atoms with van der Waals surface area (Å²) in [4.78, 5) is 10.7. The van der Waals surface area contributed by atoms with Gasteiger partial charge in [-0.1, -0.05) is 127 Å². The lowest BCUT2D eigenvalue weighted by Crippen LogP contribution is -1.96. The largest absolute Gasteiger partial charge is 0.456 e.